The van der Waals surface area contributed by atoms with Crippen LogP contribution in [-0.2, 0) is 19.5 Å². The molecule has 2 aromatic rings. The van der Waals surface area contributed by atoms with E-state index in [1.165, 1.54) is 6.07 Å². The summed E-state index contributed by atoms with van der Waals surface area (Å²) < 4.78 is 15.4. The molecule has 112 valence electrons. The first-order valence-electron chi connectivity index (χ1n) is 7.17. The molecule has 1 aliphatic rings. The van der Waals surface area contributed by atoms with E-state index in [4.69, 9.17) is 5.73 Å². The fraction of sp³-hybridized carbons (Fsp3) is 0.467. The summed E-state index contributed by atoms with van der Waals surface area (Å²) in [6.07, 6.45) is 2.48. The molecule has 1 unspecified atom stereocenters. The van der Waals surface area contributed by atoms with Crippen LogP contribution in [0.15, 0.2) is 30.6 Å². The van der Waals surface area contributed by atoms with Crippen LogP contribution in [0.4, 0.5) is 4.39 Å². The summed E-state index contributed by atoms with van der Waals surface area (Å²) in [5.74, 6) is 0.755. The van der Waals surface area contributed by atoms with Crippen LogP contribution < -0.4 is 5.73 Å². The summed E-state index contributed by atoms with van der Waals surface area (Å²) in [5, 5.41) is 8.09. The monoisotopic (exact) mass is 289 g/mol. The highest BCUT2D eigenvalue weighted by atomic mass is 19.1. The third-order valence-corrected chi connectivity index (χ3v) is 4.32. The van der Waals surface area contributed by atoms with Gasteiger partial charge in [-0.05, 0) is 31.0 Å². The summed E-state index contributed by atoms with van der Waals surface area (Å²) in [6.45, 7) is 5.12. The fourth-order valence-electron chi connectivity index (χ4n) is 2.93. The van der Waals surface area contributed by atoms with Crippen molar-refractivity contribution in [3.05, 3.63) is 47.8 Å². The Hall–Kier alpha value is -1.79. The predicted molar refractivity (Wildman–Crippen MR) is 78.0 cm³/mol. The number of nitrogens with two attached hydrogens (primary N) is 1. The number of rotatable bonds is 4. The Morgan fingerprint density at radius 1 is 1.38 bits per heavy atom. The predicted octanol–water partition coefficient (Wildman–Crippen LogP) is 1.19. The molecule has 0 bridgehead atoms. The molecule has 1 aliphatic heterocycles. The molecular formula is C15H20FN5. The summed E-state index contributed by atoms with van der Waals surface area (Å²) in [7, 11) is 0. The number of fused-ring (bicyclic) bond motifs is 1. The zero-order valence-electron chi connectivity index (χ0n) is 12.2. The van der Waals surface area contributed by atoms with Gasteiger partial charge in [-0.3, -0.25) is 4.90 Å². The Morgan fingerprint density at radius 3 is 3.00 bits per heavy atom. The molecule has 0 radical (unpaired) electrons. The van der Waals surface area contributed by atoms with Crippen molar-refractivity contribution in [1.29, 1.82) is 0 Å². The lowest BCUT2D eigenvalue weighted by Gasteiger charge is -2.42. The van der Waals surface area contributed by atoms with Gasteiger partial charge >= 0.3 is 0 Å². The first-order chi connectivity index (χ1) is 10.1. The second kappa shape index (κ2) is 5.54. The average molecular weight is 289 g/mol. The second-order valence-electron chi connectivity index (χ2n) is 5.87. The van der Waals surface area contributed by atoms with Crippen molar-refractivity contribution >= 4 is 0 Å². The fourth-order valence-corrected chi connectivity index (χ4v) is 2.93. The molecule has 0 spiro atoms. The normalized spacial score (nSPS) is 18.2. The van der Waals surface area contributed by atoms with Crippen LogP contribution >= 0.6 is 0 Å². The van der Waals surface area contributed by atoms with E-state index in [0.717, 1.165) is 37.4 Å². The van der Waals surface area contributed by atoms with Gasteiger partial charge in [0, 0.05) is 25.2 Å². The van der Waals surface area contributed by atoms with E-state index in [2.05, 4.69) is 26.6 Å². The number of nitrogens with zero attached hydrogens (tertiary/aromatic N) is 4. The summed E-state index contributed by atoms with van der Waals surface area (Å²) in [5.41, 5.74) is 6.79. The van der Waals surface area contributed by atoms with E-state index in [0.29, 0.717) is 6.54 Å². The van der Waals surface area contributed by atoms with Gasteiger partial charge in [0.1, 0.15) is 18.0 Å². The lowest BCUT2D eigenvalue weighted by atomic mass is 9.90. The van der Waals surface area contributed by atoms with Crippen molar-refractivity contribution in [2.45, 2.75) is 32.0 Å². The van der Waals surface area contributed by atoms with Crippen molar-refractivity contribution in [3.63, 3.8) is 0 Å². The van der Waals surface area contributed by atoms with Crippen LogP contribution in [0.25, 0.3) is 0 Å². The highest BCUT2D eigenvalue weighted by Gasteiger charge is 2.33. The Balaban J connectivity index is 1.80. The lowest BCUT2D eigenvalue weighted by molar-refractivity contribution is 0.0772. The summed E-state index contributed by atoms with van der Waals surface area (Å²) in [4.78, 5) is 2.32. The summed E-state index contributed by atoms with van der Waals surface area (Å²) >= 11 is 0. The van der Waals surface area contributed by atoms with Crippen LogP contribution in [0.5, 0.6) is 0 Å². The van der Waals surface area contributed by atoms with Crippen molar-refractivity contribution in [3.8, 4) is 0 Å². The topological polar surface area (TPSA) is 60.0 Å². The van der Waals surface area contributed by atoms with E-state index in [-0.39, 0.29) is 11.4 Å². The van der Waals surface area contributed by atoms with E-state index in [1.54, 1.807) is 18.5 Å². The number of hydrogen-bond donors (Lipinski definition) is 1. The molecule has 2 N–H and O–H groups in total. The minimum absolute atomic E-state index is 0.203. The van der Waals surface area contributed by atoms with E-state index >= 15 is 0 Å². The zero-order valence-corrected chi connectivity index (χ0v) is 12.2. The van der Waals surface area contributed by atoms with Crippen LogP contribution in [0.3, 0.4) is 0 Å². The highest BCUT2D eigenvalue weighted by Crippen LogP contribution is 2.24. The molecular weight excluding hydrogens is 269 g/mol. The van der Waals surface area contributed by atoms with Crippen molar-refractivity contribution in [1.82, 2.24) is 19.7 Å². The Bertz CT molecular complexity index is 626. The van der Waals surface area contributed by atoms with Crippen LogP contribution in [0, 0.1) is 5.82 Å². The largest absolute Gasteiger partial charge is 0.329 e. The molecule has 0 amide bonds. The van der Waals surface area contributed by atoms with E-state index in [9.17, 15) is 4.39 Å². The van der Waals surface area contributed by atoms with Crippen molar-refractivity contribution in [2.24, 2.45) is 5.73 Å². The van der Waals surface area contributed by atoms with Gasteiger partial charge in [0.2, 0.25) is 0 Å². The summed E-state index contributed by atoms with van der Waals surface area (Å²) in [6, 6.07) is 6.74. The van der Waals surface area contributed by atoms with Gasteiger partial charge < -0.3 is 10.3 Å². The Morgan fingerprint density at radius 2 is 2.24 bits per heavy atom. The molecule has 0 saturated carbocycles. The molecule has 0 saturated heterocycles. The lowest BCUT2D eigenvalue weighted by Crippen LogP contribution is -2.55. The van der Waals surface area contributed by atoms with Gasteiger partial charge in [-0.2, -0.15) is 0 Å². The molecule has 6 heteroatoms. The SMILES string of the molecule is CC(CN)(Cc1cccc(F)c1)N1CCn2cnnc2C1. The first-order valence-corrected chi connectivity index (χ1v) is 7.17. The standard InChI is InChI=1S/C15H20FN5/c1-15(10-17,8-12-3-2-4-13(16)7-12)21-6-5-20-11-18-19-14(20)9-21/h2-4,7,11H,5-6,8-10,17H2,1H3. The van der Waals surface area contributed by atoms with E-state index in [1.807, 2.05) is 6.07 Å². The smallest absolute Gasteiger partial charge is 0.147 e. The molecule has 2 heterocycles. The Labute approximate surface area is 123 Å². The van der Waals surface area contributed by atoms with Crippen molar-refractivity contribution < 1.29 is 4.39 Å². The third kappa shape index (κ3) is 2.82. The number of halogens is 1. The van der Waals surface area contributed by atoms with Gasteiger partial charge in [-0.1, -0.05) is 12.1 Å². The van der Waals surface area contributed by atoms with Gasteiger partial charge in [0.25, 0.3) is 0 Å². The van der Waals surface area contributed by atoms with Gasteiger partial charge in [-0.15, -0.1) is 10.2 Å². The molecule has 1 aromatic heterocycles. The van der Waals surface area contributed by atoms with Crippen molar-refractivity contribution in [2.75, 3.05) is 13.1 Å². The highest BCUT2D eigenvalue weighted by molar-refractivity contribution is 5.19. The number of aromatic nitrogens is 3. The van der Waals surface area contributed by atoms with E-state index < -0.39 is 0 Å². The zero-order chi connectivity index (χ0) is 14.9. The molecule has 1 atom stereocenters. The molecule has 1 aromatic carbocycles. The van der Waals surface area contributed by atoms with Gasteiger partial charge in [0.05, 0.1) is 6.54 Å². The second-order valence-corrected chi connectivity index (χ2v) is 5.87. The average Bonchev–Trinajstić information content (AvgIpc) is 2.94. The molecule has 0 fully saturated rings. The minimum atomic E-state index is -0.217. The quantitative estimate of drug-likeness (QED) is 0.918. The molecule has 3 rings (SSSR count). The maximum Gasteiger partial charge on any atom is 0.147 e. The number of benzene rings is 1. The number of hydrogen-bond acceptors (Lipinski definition) is 4. The molecule has 0 aliphatic carbocycles. The Kier molecular flexibility index (Phi) is 3.73. The van der Waals surface area contributed by atoms with Gasteiger partial charge in [0.15, 0.2) is 0 Å². The van der Waals surface area contributed by atoms with Crippen LogP contribution in [-0.4, -0.2) is 38.3 Å². The van der Waals surface area contributed by atoms with Crippen LogP contribution in [0.1, 0.15) is 18.3 Å². The molecule has 5 nitrogen and oxygen atoms in total. The minimum Gasteiger partial charge on any atom is -0.329 e. The maximum atomic E-state index is 13.4. The molecule has 21 heavy (non-hydrogen) atoms. The van der Waals surface area contributed by atoms with Crippen LogP contribution in [0.2, 0.25) is 0 Å². The maximum absolute atomic E-state index is 13.4. The third-order valence-electron chi connectivity index (χ3n) is 4.32. The first kappa shape index (κ1) is 14.2. The van der Waals surface area contributed by atoms with Gasteiger partial charge in [-0.25, -0.2) is 4.39 Å².